The summed E-state index contributed by atoms with van der Waals surface area (Å²) in [5, 5.41) is 2.75. The number of hydrogen-bond acceptors (Lipinski definition) is 2. The van der Waals surface area contributed by atoms with Gasteiger partial charge in [0.15, 0.2) is 0 Å². The van der Waals surface area contributed by atoms with Crippen LogP contribution in [0.2, 0.25) is 0 Å². The Hall–Kier alpha value is -2.83. The SMILES string of the molecule is CC(C)n1cnc2cc(CNC(=O)Cc3cccc(C(F)(F)F)c3)ccc21. The fraction of sp³-hybridized carbons (Fsp3) is 0.300. The Morgan fingerprint density at radius 2 is 1.93 bits per heavy atom. The van der Waals surface area contributed by atoms with Crippen molar-refractivity contribution in [3.63, 3.8) is 0 Å². The average molecular weight is 375 g/mol. The van der Waals surface area contributed by atoms with Gasteiger partial charge in [-0.1, -0.05) is 24.3 Å². The van der Waals surface area contributed by atoms with E-state index >= 15 is 0 Å². The Kier molecular flexibility index (Phi) is 5.21. The highest BCUT2D eigenvalue weighted by Crippen LogP contribution is 2.29. The second kappa shape index (κ2) is 7.42. The van der Waals surface area contributed by atoms with Gasteiger partial charge < -0.3 is 9.88 Å². The van der Waals surface area contributed by atoms with E-state index in [0.29, 0.717) is 18.2 Å². The van der Waals surface area contributed by atoms with Crippen molar-refractivity contribution in [3.8, 4) is 0 Å². The molecule has 0 radical (unpaired) electrons. The Morgan fingerprint density at radius 3 is 2.63 bits per heavy atom. The van der Waals surface area contributed by atoms with Crippen LogP contribution in [0.3, 0.4) is 0 Å². The Labute approximate surface area is 155 Å². The van der Waals surface area contributed by atoms with Gasteiger partial charge in [-0.3, -0.25) is 4.79 Å². The molecule has 0 unspecified atom stereocenters. The van der Waals surface area contributed by atoms with Gasteiger partial charge >= 0.3 is 6.18 Å². The van der Waals surface area contributed by atoms with Crippen LogP contribution in [0, 0.1) is 0 Å². The van der Waals surface area contributed by atoms with E-state index in [1.54, 1.807) is 6.33 Å². The minimum atomic E-state index is -4.42. The standard InChI is InChI=1S/C20H20F3N3O/c1-13(2)26-12-25-17-9-15(6-7-18(17)26)11-24-19(27)10-14-4-3-5-16(8-14)20(21,22)23/h3-9,12-13H,10-11H2,1-2H3,(H,24,27). The zero-order chi connectivity index (χ0) is 19.6. The zero-order valence-corrected chi connectivity index (χ0v) is 15.0. The molecule has 0 atom stereocenters. The molecule has 0 spiro atoms. The third kappa shape index (κ3) is 4.48. The number of hydrogen-bond donors (Lipinski definition) is 1. The fourth-order valence-corrected chi connectivity index (χ4v) is 2.90. The summed E-state index contributed by atoms with van der Waals surface area (Å²) < 4.78 is 40.3. The molecule has 4 nitrogen and oxygen atoms in total. The summed E-state index contributed by atoms with van der Waals surface area (Å²) >= 11 is 0. The van der Waals surface area contributed by atoms with Crippen LogP contribution in [-0.4, -0.2) is 15.5 Å². The predicted molar refractivity (Wildman–Crippen MR) is 97.1 cm³/mol. The van der Waals surface area contributed by atoms with Crippen LogP contribution < -0.4 is 5.32 Å². The molecule has 142 valence electrons. The van der Waals surface area contributed by atoms with Gasteiger partial charge in [0.25, 0.3) is 0 Å². The van der Waals surface area contributed by atoms with Crippen LogP contribution in [0.1, 0.15) is 36.6 Å². The molecule has 27 heavy (non-hydrogen) atoms. The van der Waals surface area contributed by atoms with Crippen LogP contribution in [-0.2, 0) is 23.9 Å². The summed E-state index contributed by atoms with van der Waals surface area (Å²) in [6.07, 6.45) is -2.74. The number of carbonyl (C=O) groups is 1. The number of nitrogens with one attached hydrogen (secondary N) is 1. The van der Waals surface area contributed by atoms with Crippen molar-refractivity contribution >= 4 is 16.9 Å². The molecule has 0 bridgehead atoms. The van der Waals surface area contributed by atoms with Gasteiger partial charge in [-0.15, -0.1) is 0 Å². The van der Waals surface area contributed by atoms with E-state index in [-0.39, 0.29) is 12.3 Å². The van der Waals surface area contributed by atoms with Crippen molar-refractivity contribution in [3.05, 3.63) is 65.5 Å². The lowest BCUT2D eigenvalue weighted by atomic mass is 10.1. The molecule has 1 amide bonds. The molecule has 1 aromatic heterocycles. The topological polar surface area (TPSA) is 46.9 Å². The quantitative estimate of drug-likeness (QED) is 0.714. The summed E-state index contributed by atoms with van der Waals surface area (Å²) in [5.41, 5.74) is 2.32. The number of halogens is 3. The summed E-state index contributed by atoms with van der Waals surface area (Å²) in [7, 11) is 0. The minimum Gasteiger partial charge on any atom is -0.352 e. The van der Waals surface area contributed by atoms with Crippen molar-refractivity contribution in [2.24, 2.45) is 0 Å². The number of rotatable bonds is 5. The molecule has 3 rings (SSSR count). The third-order valence-electron chi connectivity index (χ3n) is 4.30. The minimum absolute atomic E-state index is 0.103. The molecule has 0 fully saturated rings. The predicted octanol–water partition coefficient (Wildman–Crippen LogP) is 4.49. The highest BCUT2D eigenvalue weighted by atomic mass is 19.4. The number of fused-ring (bicyclic) bond motifs is 1. The van der Waals surface area contributed by atoms with Crippen molar-refractivity contribution in [1.82, 2.24) is 14.9 Å². The third-order valence-corrected chi connectivity index (χ3v) is 4.30. The van der Waals surface area contributed by atoms with Gasteiger partial charge in [0.2, 0.25) is 5.91 Å². The van der Waals surface area contributed by atoms with Gasteiger partial charge in [0.05, 0.1) is 29.3 Å². The molecule has 7 heteroatoms. The van der Waals surface area contributed by atoms with Gasteiger partial charge in [0, 0.05) is 12.6 Å². The monoisotopic (exact) mass is 375 g/mol. The van der Waals surface area contributed by atoms with Crippen molar-refractivity contribution in [1.29, 1.82) is 0 Å². The number of aromatic nitrogens is 2. The maximum atomic E-state index is 12.7. The zero-order valence-electron chi connectivity index (χ0n) is 15.0. The summed E-state index contributed by atoms with van der Waals surface area (Å²) in [6.45, 7) is 4.44. The van der Waals surface area contributed by atoms with Crippen LogP contribution >= 0.6 is 0 Å². The number of carbonyl (C=O) groups excluding carboxylic acids is 1. The molecule has 0 aliphatic rings. The molecule has 0 aliphatic heterocycles. The van der Waals surface area contributed by atoms with E-state index in [1.807, 2.05) is 18.2 Å². The van der Waals surface area contributed by atoms with E-state index in [9.17, 15) is 18.0 Å². The normalized spacial score (nSPS) is 11.9. The van der Waals surface area contributed by atoms with Gasteiger partial charge in [-0.25, -0.2) is 4.98 Å². The number of amides is 1. The van der Waals surface area contributed by atoms with Crippen molar-refractivity contribution in [2.45, 2.75) is 39.0 Å². The molecule has 0 aliphatic carbocycles. The lowest BCUT2D eigenvalue weighted by molar-refractivity contribution is -0.137. The van der Waals surface area contributed by atoms with E-state index in [1.165, 1.54) is 12.1 Å². The van der Waals surface area contributed by atoms with E-state index in [2.05, 4.69) is 28.7 Å². The molecule has 1 N–H and O–H groups in total. The fourth-order valence-electron chi connectivity index (χ4n) is 2.90. The highest BCUT2D eigenvalue weighted by Gasteiger charge is 2.30. The van der Waals surface area contributed by atoms with Crippen LogP contribution in [0.5, 0.6) is 0 Å². The molecular formula is C20H20F3N3O. The molecular weight excluding hydrogens is 355 g/mol. The number of alkyl halides is 3. The average Bonchev–Trinajstić information content (AvgIpc) is 3.03. The lowest BCUT2D eigenvalue weighted by Gasteiger charge is -2.10. The smallest absolute Gasteiger partial charge is 0.352 e. The van der Waals surface area contributed by atoms with E-state index in [0.717, 1.165) is 28.7 Å². The Morgan fingerprint density at radius 1 is 1.15 bits per heavy atom. The maximum absolute atomic E-state index is 12.7. The maximum Gasteiger partial charge on any atom is 0.416 e. The van der Waals surface area contributed by atoms with Gasteiger partial charge in [-0.05, 0) is 43.2 Å². The molecule has 0 saturated carbocycles. The first-order chi connectivity index (χ1) is 12.7. The first-order valence-electron chi connectivity index (χ1n) is 8.62. The van der Waals surface area contributed by atoms with Gasteiger partial charge in [-0.2, -0.15) is 13.2 Å². The number of benzene rings is 2. The first-order valence-corrected chi connectivity index (χ1v) is 8.62. The molecule has 2 aromatic carbocycles. The van der Waals surface area contributed by atoms with E-state index in [4.69, 9.17) is 0 Å². The second-order valence-corrected chi connectivity index (χ2v) is 6.72. The second-order valence-electron chi connectivity index (χ2n) is 6.72. The van der Waals surface area contributed by atoms with Crippen LogP contribution in [0.25, 0.3) is 11.0 Å². The largest absolute Gasteiger partial charge is 0.416 e. The van der Waals surface area contributed by atoms with Crippen molar-refractivity contribution < 1.29 is 18.0 Å². The lowest BCUT2D eigenvalue weighted by Crippen LogP contribution is -2.24. The van der Waals surface area contributed by atoms with E-state index < -0.39 is 11.7 Å². The highest BCUT2D eigenvalue weighted by molar-refractivity contribution is 5.79. The Balaban J connectivity index is 1.63. The summed E-state index contributed by atoms with van der Waals surface area (Å²) in [4.78, 5) is 16.5. The number of imidazole rings is 1. The van der Waals surface area contributed by atoms with Crippen LogP contribution in [0.4, 0.5) is 13.2 Å². The Bertz CT molecular complexity index is 961. The molecule has 1 heterocycles. The summed E-state index contributed by atoms with van der Waals surface area (Å²) in [5.74, 6) is -0.331. The molecule has 0 saturated heterocycles. The van der Waals surface area contributed by atoms with Gasteiger partial charge in [0.1, 0.15) is 0 Å². The first kappa shape index (κ1) is 18.9. The van der Waals surface area contributed by atoms with Crippen LogP contribution in [0.15, 0.2) is 48.8 Å². The molecule has 3 aromatic rings. The summed E-state index contributed by atoms with van der Waals surface area (Å²) in [6, 6.07) is 10.9. The van der Waals surface area contributed by atoms with Crippen molar-refractivity contribution in [2.75, 3.05) is 0 Å². The number of nitrogens with zero attached hydrogens (tertiary/aromatic N) is 2.